The number of anilines is 1. The monoisotopic (exact) mass is 417 g/mol. The summed E-state index contributed by atoms with van der Waals surface area (Å²) in [7, 11) is 0. The van der Waals surface area contributed by atoms with E-state index in [0.29, 0.717) is 31.2 Å². The molecule has 0 saturated carbocycles. The fourth-order valence-electron chi connectivity index (χ4n) is 4.55. The molecule has 1 aromatic heterocycles. The predicted octanol–water partition coefficient (Wildman–Crippen LogP) is 1.65. The summed E-state index contributed by atoms with van der Waals surface area (Å²) >= 11 is 6.17. The van der Waals surface area contributed by atoms with Crippen molar-refractivity contribution in [2.75, 3.05) is 50.8 Å². The van der Waals surface area contributed by atoms with Crippen LogP contribution >= 0.6 is 11.6 Å². The van der Waals surface area contributed by atoms with Crippen molar-refractivity contribution >= 4 is 40.1 Å². The molecule has 2 atom stereocenters. The number of aromatic amines is 1. The van der Waals surface area contributed by atoms with E-state index in [0.717, 1.165) is 36.1 Å². The summed E-state index contributed by atoms with van der Waals surface area (Å²) in [6.07, 6.45) is 2.78. The van der Waals surface area contributed by atoms with E-state index in [2.05, 4.69) is 15.2 Å². The zero-order valence-electron chi connectivity index (χ0n) is 16.1. The second-order valence-electron chi connectivity index (χ2n) is 7.88. The van der Waals surface area contributed by atoms with Crippen LogP contribution in [0.1, 0.15) is 6.42 Å². The molecule has 9 heteroatoms. The molecular formula is C20H24ClN5O3. The minimum atomic E-state index is -0.105. The molecule has 0 aliphatic carbocycles. The van der Waals surface area contributed by atoms with Gasteiger partial charge in [0, 0.05) is 61.4 Å². The molecule has 1 aromatic carbocycles. The van der Waals surface area contributed by atoms with Gasteiger partial charge in [0.05, 0.1) is 17.8 Å². The average Bonchev–Trinajstić information content (AvgIpc) is 3.16. The summed E-state index contributed by atoms with van der Waals surface area (Å²) in [4.78, 5) is 33.9. The normalized spacial score (nSPS) is 25.1. The number of halogens is 1. The highest BCUT2D eigenvalue weighted by molar-refractivity contribution is 6.31. The number of rotatable bonds is 1. The van der Waals surface area contributed by atoms with Crippen molar-refractivity contribution in [1.82, 2.24) is 20.1 Å². The number of aromatic nitrogens is 1. The SMILES string of the molecule is O=C1COC2CCN(C(=O)N3CCN(c4c[nH]c5ccc(Cl)cc45)CC3)CC2N1. The quantitative estimate of drug-likeness (QED) is 0.739. The largest absolute Gasteiger partial charge is 0.366 e. The number of piperazine rings is 1. The number of amides is 3. The van der Waals surface area contributed by atoms with Crippen LogP contribution in [0.5, 0.6) is 0 Å². The highest BCUT2D eigenvalue weighted by Crippen LogP contribution is 2.30. The van der Waals surface area contributed by atoms with Crippen molar-refractivity contribution in [1.29, 1.82) is 0 Å². The molecule has 3 saturated heterocycles. The first-order valence-electron chi connectivity index (χ1n) is 10.0. The zero-order chi connectivity index (χ0) is 20.0. The fourth-order valence-corrected chi connectivity index (χ4v) is 4.72. The van der Waals surface area contributed by atoms with Crippen LogP contribution < -0.4 is 10.2 Å². The number of ether oxygens (including phenoxy) is 1. The van der Waals surface area contributed by atoms with E-state index in [1.165, 1.54) is 0 Å². The number of hydrogen-bond donors (Lipinski definition) is 2. The molecular weight excluding hydrogens is 394 g/mol. The van der Waals surface area contributed by atoms with Gasteiger partial charge in [-0.2, -0.15) is 0 Å². The van der Waals surface area contributed by atoms with Gasteiger partial charge in [-0.1, -0.05) is 11.6 Å². The summed E-state index contributed by atoms with van der Waals surface area (Å²) in [6, 6.07) is 5.78. The molecule has 5 rings (SSSR count). The predicted molar refractivity (Wildman–Crippen MR) is 110 cm³/mol. The molecule has 4 heterocycles. The number of benzene rings is 1. The molecule has 0 bridgehead atoms. The highest BCUT2D eigenvalue weighted by atomic mass is 35.5. The maximum atomic E-state index is 13.0. The Balaban J connectivity index is 1.22. The Morgan fingerprint density at radius 2 is 1.97 bits per heavy atom. The number of urea groups is 1. The van der Waals surface area contributed by atoms with Crippen LogP contribution in [0.3, 0.4) is 0 Å². The average molecular weight is 418 g/mol. The highest BCUT2D eigenvalue weighted by Gasteiger charge is 2.37. The molecule has 2 aromatic rings. The van der Waals surface area contributed by atoms with Crippen LogP contribution in [0.15, 0.2) is 24.4 Å². The number of piperidine rings is 1. The van der Waals surface area contributed by atoms with Gasteiger partial charge in [0.2, 0.25) is 5.91 Å². The van der Waals surface area contributed by atoms with E-state index in [1.807, 2.05) is 34.2 Å². The van der Waals surface area contributed by atoms with Gasteiger partial charge in [0.15, 0.2) is 0 Å². The van der Waals surface area contributed by atoms with E-state index in [-0.39, 0.29) is 30.7 Å². The van der Waals surface area contributed by atoms with Gasteiger partial charge in [-0.15, -0.1) is 0 Å². The molecule has 3 fully saturated rings. The Labute approximate surface area is 173 Å². The Kier molecular flexibility index (Phi) is 4.75. The molecule has 3 aliphatic heterocycles. The summed E-state index contributed by atoms with van der Waals surface area (Å²) in [5, 5.41) is 4.78. The molecule has 3 amide bonds. The van der Waals surface area contributed by atoms with Crippen molar-refractivity contribution < 1.29 is 14.3 Å². The van der Waals surface area contributed by atoms with Crippen molar-refractivity contribution in [3.8, 4) is 0 Å². The number of nitrogens with zero attached hydrogens (tertiary/aromatic N) is 3. The third kappa shape index (κ3) is 3.51. The van der Waals surface area contributed by atoms with Crippen LogP contribution in [-0.4, -0.2) is 84.7 Å². The van der Waals surface area contributed by atoms with Gasteiger partial charge in [-0.25, -0.2) is 4.79 Å². The second kappa shape index (κ2) is 7.42. The number of fused-ring (bicyclic) bond motifs is 2. The lowest BCUT2D eigenvalue weighted by Gasteiger charge is -2.44. The smallest absolute Gasteiger partial charge is 0.320 e. The molecule has 0 radical (unpaired) electrons. The number of carbonyl (C=O) groups excluding carboxylic acids is 2. The maximum absolute atomic E-state index is 13.0. The Hall–Kier alpha value is -2.45. The van der Waals surface area contributed by atoms with Gasteiger partial charge in [0.1, 0.15) is 6.61 Å². The van der Waals surface area contributed by atoms with E-state index in [4.69, 9.17) is 16.3 Å². The van der Waals surface area contributed by atoms with Gasteiger partial charge < -0.3 is 29.7 Å². The molecule has 154 valence electrons. The first-order chi connectivity index (χ1) is 14.1. The van der Waals surface area contributed by atoms with Crippen LogP contribution in [-0.2, 0) is 9.53 Å². The van der Waals surface area contributed by atoms with Gasteiger partial charge in [-0.3, -0.25) is 4.79 Å². The lowest BCUT2D eigenvalue weighted by Crippen LogP contribution is -2.63. The Bertz CT molecular complexity index is 939. The molecule has 0 spiro atoms. The van der Waals surface area contributed by atoms with E-state index in [1.54, 1.807) is 0 Å². The van der Waals surface area contributed by atoms with Crippen LogP contribution in [0.2, 0.25) is 5.02 Å². The van der Waals surface area contributed by atoms with Crippen LogP contribution in [0.25, 0.3) is 10.9 Å². The lowest BCUT2D eigenvalue weighted by atomic mass is 10.0. The number of nitrogens with one attached hydrogen (secondary N) is 2. The topological polar surface area (TPSA) is 80.9 Å². The van der Waals surface area contributed by atoms with E-state index >= 15 is 0 Å². The third-order valence-corrected chi connectivity index (χ3v) is 6.34. The summed E-state index contributed by atoms with van der Waals surface area (Å²) < 4.78 is 5.58. The number of morpholine rings is 1. The first-order valence-corrected chi connectivity index (χ1v) is 10.4. The van der Waals surface area contributed by atoms with E-state index < -0.39 is 0 Å². The minimum Gasteiger partial charge on any atom is -0.366 e. The standard InChI is InChI=1S/C20H24ClN5O3/c21-13-1-2-15-14(9-13)17(10-22-15)24-5-7-25(8-6-24)20(28)26-4-3-18-16(11-26)23-19(27)12-29-18/h1-2,9-10,16,18,22H,3-8,11-12H2,(H,23,27). The molecule has 29 heavy (non-hydrogen) atoms. The Morgan fingerprint density at radius 3 is 2.79 bits per heavy atom. The van der Waals surface area contributed by atoms with Crippen molar-refractivity contribution in [2.24, 2.45) is 0 Å². The lowest BCUT2D eigenvalue weighted by molar-refractivity contribution is -0.139. The minimum absolute atomic E-state index is 0.0160. The Morgan fingerprint density at radius 1 is 1.14 bits per heavy atom. The molecule has 3 aliphatic rings. The number of H-pyrrole nitrogens is 1. The zero-order valence-corrected chi connectivity index (χ0v) is 16.8. The van der Waals surface area contributed by atoms with Gasteiger partial charge >= 0.3 is 6.03 Å². The van der Waals surface area contributed by atoms with Crippen molar-refractivity contribution in [3.63, 3.8) is 0 Å². The summed E-state index contributed by atoms with van der Waals surface area (Å²) in [6.45, 7) is 4.17. The molecule has 8 nitrogen and oxygen atoms in total. The molecule has 2 N–H and O–H groups in total. The van der Waals surface area contributed by atoms with Crippen LogP contribution in [0.4, 0.5) is 10.5 Å². The molecule has 2 unspecified atom stereocenters. The maximum Gasteiger partial charge on any atom is 0.320 e. The van der Waals surface area contributed by atoms with Gasteiger partial charge in [0.25, 0.3) is 0 Å². The first kappa shape index (κ1) is 18.6. The second-order valence-corrected chi connectivity index (χ2v) is 8.32. The number of carbonyl (C=O) groups is 2. The van der Waals surface area contributed by atoms with Crippen LogP contribution in [0, 0.1) is 0 Å². The third-order valence-electron chi connectivity index (χ3n) is 6.11. The fraction of sp³-hybridized carbons (Fsp3) is 0.500. The van der Waals surface area contributed by atoms with Gasteiger partial charge in [-0.05, 0) is 24.6 Å². The van der Waals surface area contributed by atoms with Crippen molar-refractivity contribution in [3.05, 3.63) is 29.4 Å². The van der Waals surface area contributed by atoms with E-state index in [9.17, 15) is 9.59 Å². The number of likely N-dealkylation sites (tertiary alicyclic amines) is 1. The summed E-state index contributed by atoms with van der Waals surface area (Å²) in [5.74, 6) is -0.104. The number of hydrogen-bond acceptors (Lipinski definition) is 4. The van der Waals surface area contributed by atoms with Crippen molar-refractivity contribution in [2.45, 2.75) is 18.6 Å². The summed E-state index contributed by atoms with van der Waals surface area (Å²) in [5.41, 5.74) is 2.18.